The van der Waals surface area contributed by atoms with Crippen molar-refractivity contribution in [1.82, 2.24) is 10.2 Å². The lowest BCUT2D eigenvalue weighted by atomic mass is 10.1. The Bertz CT molecular complexity index is 776. The first-order valence-electron chi connectivity index (χ1n) is 9.38. The van der Waals surface area contributed by atoms with Crippen LogP contribution in [0.4, 0.5) is 0 Å². The molecule has 1 N–H and O–H groups in total. The van der Waals surface area contributed by atoms with Crippen molar-refractivity contribution in [3.63, 3.8) is 0 Å². The first-order chi connectivity index (χ1) is 13.2. The highest BCUT2D eigenvalue weighted by Crippen LogP contribution is 2.24. The van der Waals surface area contributed by atoms with Gasteiger partial charge in [0.1, 0.15) is 5.75 Å². The van der Waals surface area contributed by atoms with E-state index in [0.717, 1.165) is 24.2 Å². The van der Waals surface area contributed by atoms with Gasteiger partial charge in [0, 0.05) is 31.6 Å². The first-order valence-corrected chi connectivity index (χ1v) is 9.38. The van der Waals surface area contributed by atoms with E-state index in [2.05, 4.69) is 17.4 Å². The molecule has 0 aliphatic carbocycles. The zero-order chi connectivity index (χ0) is 19.1. The monoisotopic (exact) mass is 366 g/mol. The van der Waals surface area contributed by atoms with Gasteiger partial charge in [-0.1, -0.05) is 48.5 Å². The van der Waals surface area contributed by atoms with E-state index in [1.807, 2.05) is 42.5 Å². The molecule has 1 saturated heterocycles. The van der Waals surface area contributed by atoms with Crippen LogP contribution in [0.1, 0.15) is 24.0 Å². The van der Waals surface area contributed by atoms with Crippen molar-refractivity contribution in [3.05, 3.63) is 65.7 Å². The fourth-order valence-corrected chi connectivity index (χ4v) is 3.43. The number of hydrogen-bond acceptors (Lipinski definition) is 3. The third-order valence-electron chi connectivity index (χ3n) is 4.92. The van der Waals surface area contributed by atoms with Crippen LogP contribution in [-0.2, 0) is 22.6 Å². The molecule has 0 spiro atoms. The quantitative estimate of drug-likeness (QED) is 0.731. The normalized spacial score (nSPS) is 16.4. The highest BCUT2D eigenvalue weighted by atomic mass is 16.5. The molecular formula is C22H26N2O3. The number of aryl methyl sites for hydroxylation is 1. The molecular weight excluding hydrogens is 340 g/mol. The molecule has 0 aromatic heterocycles. The SMILES string of the molecule is COc1ccccc1CN1CC(C(=O)NCCCc2ccccc2)CC1=O. The molecule has 1 fully saturated rings. The van der Waals surface area contributed by atoms with E-state index in [1.165, 1.54) is 5.56 Å². The lowest BCUT2D eigenvalue weighted by molar-refractivity contribution is -0.129. The number of benzene rings is 2. The smallest absolute Gasteiger partial charge is 0.225 e. The highest BCUT2D eigenvalue weighted by molar-refractivity contribution is 5.89. The van der Waals surface area contributed by atoms with Gasteiger partial charge < -0.3 is 15.0 Å². The number of amides is 2. The largest absolute Gasteiger partial charge is 0.496 e. The Balaban J connectivity index is 1.46. The zero-order valence-corrected chi connectivity index (χ0v) is 15.7. The lowest BCUT2D eigenvalue weighted by Gasteiger charge is -2.18. The standard InChI is InChI=1S/C22H26N2O3/c1-27-20-12-6-5-11-18(20)15-24-16-19(14-21(24)25)22(26)23-13-7-10-17-8-3-2-4-9-17/h2-6,8-9,11-12,19H,7,10,13-16H2,1H3,(H,23,26). The van der Waals surface area contributed by atoms with Gasteiger partial charge in [0.05, 0.1) is 13.0 Å². The Labute approximate surface area is 160 Å². The van der Waals surface area contributed by atoms with Crippen molar-refractivity contribution in [2.75, 3.05) is 20.2 Å². The summed E-state index contributed by atoms with van der Waals surface area (Å²) in [6, 6.07) is 17.9. The summed E-state index contributed by atoms with van der Waals surface area (Å²) in [5.41, 5.74) is 2.23. The number of nitrogens with zero attached hydrogens (tertiary/aromatic N) is 1. The Hall–Kier alpha value is -2.82. The Kier molecular flexibility index (Phi) is 6.47. The van der Waals surface area contributed by atoms with Crippen LogP contribution in [0.15, 0.2) is 54.6 Å². The third kappa shape index (κ3) is 5.09. The molecule has 1 atom stereocenters. The van der Waals surface area contributed by atoms with Crippen molar-refractivity contribution >= 4 is 11.8 Å². The maximum Gasteiger partial charge on any atom is 0.225 e. The van der Waals surface area contributed by atoms with Crippen molar-refractivity contribution in [2.45, 2.75) is 25.8 Å². The van der Waals surface area contributed by atoms with E-state index >= 15 is 0 Å². The number of likely N-dealkylation sites (tertiary alicyclic amines) is 1. The van der Waals surface area contributed by atoms with E-state index in [1.54, 1.807) is 12.0 Å². The molecule has 1 aliphatic heterocycles. The molecule has 1 unspecified atom stereocenters. The molecule has 1 heterocycles. The minimum Gasteiger partial charge on any atom is -0.496 e. The predicted molar refractivity (Wildman–Crippen MR) is 104 cm³/mol. The maximum absolute atomic E-state index is 12.4. The van der Waals surface area contributed by atoms with Gasteiger partial charge in [0.15, 0.2) is 0 Å². The molecule has 2 aromatic carbocycles. The Morgan fingerprint density at radius 3 is 2.67 bits per heavy atom. The van der Waals surface area contributed by atoms with E-state index in [0.29, 0.717) is 19.6 Å². The number of ether oxygens (including phenoxy) is 1. The van der Waals surface area contributed by atoms with Crippen LogP contribution in [0.2, 0.25) is 0 Å². The second kappa shape index (κ2) is 9.21. The van der Waals surface area contributed by atoms with E-state index in [-0.39, 0.29) is 24.2 Å². The number of para-hydroxylation sites is 1. The van der Waals surface area contributed by atoms with Crippen LogP contribution in [0.3, 0.4) is 0 Å². The summed E-state index contributed by atoms with van der Waals surface area (Å²) in [6.45, 7) is 1.56. The van der Waals surface area contributed by atoms with Crippen LogP contribution in [0.5, 0.6) is 5.75 Å². The number of nitrogens with one attached hydrogen (secondary N) is 1. The van der Waals surface area contributed by atoms with Crippen LogP contribution < -0.4 is 10.1 Å². The molecule has 0 bridgehead atoms. The number of carbonyl (C=O) groups is 2. The number of methoxy groups -OCH3 is 1. The average molecular weight is 366 g/mol. The van der Waals surface area contributed by atoms with E-state index in [4.69, 9.17) is 4.74 Å². The molecule has 5 nitrogen and oxygen atoms in total. The van der Waals surface area contributed by atoms with E-state index < -0.39 is 0 Å². The summed E-state index contributed by atoms with van der Waals surface area (Å²) in [6.07, 6.45) is 2.10. The summed E-state index contributed by atoms with van der Waals surface area (Å²) < 4.78 is 5.35. The zero-order valence-electron chi connectivity index (χ0n) is 15.7. The molecule has 2 aromatic rings. The molecule has 2 amide bonds. The van der Waals surface area contributed by atoms with Crippen molar-refractivity contribution in [1.29, 1.82) is 0 Å². The van der Waals surface area contributed by atoms with Gasteiger partial charge in [0.2, 0.25) is 11.8 Å². The summed E-state index contributed by atoms with van der Waals surface area (Å²) in [5.74, 6) is 0.479. The average Bonchev–Trinajstić information content (AvgIpc) is 3.07. The fourth-order valence-electron chi connectivity index (χ4n) is 3.43. The second-order valence-corrected chi connectivity index (χ2v) is 6.87. The van der Waals surface area contributed by atoms with Crippen molar-refractivity contribution in [3.8, 4) is 5.75 Å². The number of rotatable bonds is 8. The summed E-state index contributed by atoms with van der Waals surface area (Å²) in [7, 11) is 1.62. The number of hydrogen-bond donors (Lipinski definition) is 1. The molecule has 0 saturated carbocycles. The number of carbonyl (C=O) groups excluding carboxylic acids is 2. The van der Waals surface area contributed by atoms with Crippen molar-refractivity contribution in [2.24, 2.45) is 5.92 Å². The van der Waals surface area contributed by atoms with Crippen LogP contribution >= 0.6 is 0 Å². The summed E-state index contributed by atoms with van der Waals surface area (Å²) >= 11 is 0. The van der Waals surface area contributed by atoms with Crippen LogP contribution in [0.25, 0.3) is 0 Å². The van der Waals surface area contributed by atoms with Gasteiger partial charge in [-0.25, -0.2) is 0 Å². The van der Waals surface area contributed by atoms with E-state index in [9.17, 15) is 9.59 Å². The molecule has 3 rings (SSSR count). The van der Waals surface area contributed by atoms with Gasteiger partial charge in [-0.15, -0.1) is 0 Å². The summed E-state index contributed by atoms with van der Waals surface area (Å²) in [4.78, 5) is 26.5. The predicted octanol–water partition coefficient (Wildman–Crippen LogP) is 2.79. The van der Waals surface area contributed by atoms with Gasteiger partial charge in [-0.3, -0.25) is 9.59 Å². The Morgan fingerprint density at radius 2 is 1.89 bits per heavy atom. The third-order valence-corrected chi connectivity index (χ3v) is 4.92. The Morgan fingerprint density at radius 1 is 1.15 bits per heavy atom. The molecule has 142 valence electrons. The summed E-state index contributed by atoms with van der Waals surface area (Å²) in [5, 5.41) is 2.98. The van der Waals surface area contributed by atoms with Gasteiger partial charge in [0.25, 0.3) is 0 Å². The first kappa shape index (κ1) is 19.0. The minimum atomic E-state index is -0.274. The van der Waals surface area contributed by atoms with Crippen LogP contribution in [-0.4, -0.2) is 36.9 Å². The second-order valence-electron chi connectivity index (χ2n) is 6.87. The fraction of sp³-hybridized carbons (Fsp3) is 0.364. The maximum atomic E-state index is 12.4. The molecule has 27 heavy (non-hydrogen) atoms. The van der Waals surface area contributed by atoms with Gasteiger partial charge >= 0.3 is 0 Å². The van der Waals surface area contributed by atoms with Crippen molar-refractivity contribution < 1.29 is 14.3 Å². The molecule has 0 radical (unpaired) electrons. The molecule has 5 heteroatoms. The lowest BCUT2D eigenvalue weighted by Crippen LogP contribution is -2.33. The minimum absolute atomic E-state index is 0.0188. The van der Waals surface area contributed by atoms with Gasteiger partial charge in [-0.05, 0) is 24.5 Å². The topological polar surface area (TPSA) is 58.6 Å². The highest BCUT2D eigenvalue weighted by Gasteiger charge is 2.34. The van der Waals surface area contributed by atoms with Crippen LogP contribution in [0, 0.1) is 5.92 Å². The van der Waals surface area contributed by atoms with Gasteiger partial charge in [-0.2, -0.15) is 0 Å². The molecule has 1 aliphatic rings.